The molecule has 3 N–H and O–H groups in total. The van der Waals surface area contributed by atoms with Crippen molar-refractivity contribution in [1.29, 1.82) is 0 Å². The van der Waals surface area contributed by atoms with Gasteiger partial charge >= 0.3 is 0 Å². The van der Waals surface area contributed by atoms with E-state index in [4.69, 9.17) is 0 Å². The number of para-hydroxylation sites is 2. The highest BCUT2D eigenvalue weighted by Crippen LogP contribution is 2.10. The Hall–Kier alpha value is -3.77. The van der Waals surface area contributed by atoms with Gasteiger partial charge in [0.05, 0.1) is 17.4 Å². The highest BCUT2D eigenvalue weighted by molar-refractivity contribution is 6.04. The fraction of sp³-hybridized carbons (Fsp3) is 0.160. The summed E-state index contributed by atoms with van der Waals surface area (Å²) < 4.78 is 0. The lowest BCUT2D eigenvalue weighted by Gasteiger charge is -2.17. The Balaban J connectivity index is 1.43. The lowest BCUT2D eigenvalue weighted by molar-refractivity contribution is -0.926. The quantitative estimate of drug-likeness (QED) is 0.436. The van der Waals surface area contributed by atoms with Crippen molar-refractivity contribution in [2.75, 3.05) is 11.9 Å². The SMILES string of the molecule is CC[NH+](Cc1ccc(C(=O)Nc2ccccc2)cc1)Cc1nc2ccccc2c(=O)[nH]1. The third kappa shape index (κ3) is 5.05. The van der Waals surface area contributed by atoms with E-state index < -0.39 is 0 Å². The third-order valence-corrected chi connectivity index (χ3v) is 5.28. The zero-order chi connectivity index (χ0) is 21.6. The van der Waals surface area contributed by atoms with Gasteiger partial charge in [-0.25, -0.2) is 4.98 Å². The summed E-state index contributed by atoms with van der Waals surface area (Å²) in [5.41, 5.74) is 3.12. The number of carbonyl (C=O) groups is 1. The summed E-state index contributed by atoms with van der Waals surface area (Å²) >= 11 is 0. The van der Waals surface area contributed by atoms with Crippen molar-refractivity contribution in [2.24, 2.45) is 0 Å². The Labute approximate surface area is 180 Å². The number of fused-ring (bicyclic) bond motifs is 1. The normalized spacial score (nSPS) is 11.9. The highest BCUT2D eigenvalue weighted by Gasteiger charge is 2.13. The largest absolute Gasteiger partial charge is 0.325 e. The number of carbonyl (C=O) groups excluding carboxylic acids is 1. The molecular formula is C25H25N4O2+. The highest BCUT2D eigenvalue weighted by atomic mass is 16.1. The van der Waals surface area contributed by atoms with Crippen molar-refractivity contribution in [1.82, 2.24) is 9.97 Å². The van der Waals surface area contributed by atoms with Crippen LogP contribution in [0.1, 0.15) is 28.7 Å². The van der Waals surface area contributed by atoms with Crippen molar-refractivity contribution in [2.45, 2.75) is 20.0 Å². The molecule has 0 fully saturated rings. The van der Waals surface area contributed by atoms with Crippen LogP contribution in [0.5, 0.6) is 0 Å². The Kier molecular flexibility index (Phi) is 6.19. The second kappa shape index (κ2) is 9.36. The minimum absolute atomic E-state index is 0.107. The molecule has 0 radical (unpaired) electrons. The predicted octanol–water partition coefficient (Wildman–Crippen LogP) is 2.78. The molecule has 156 valence electrons. The van der Waals surface area contributed by atoms with E-state index in [1.165, 1.54) is 4.90 Å². The van der Waals surface area contributed by atoms with Gasteiger partial charge in [0.25, 0.3) is 11.5 Å². The van der Waals surface area contributed by atoms with Crippen LogP contribution >= 0.6 is 0 Å². The first kappa shape index (κ1) is 20.5. The first-order valence-electron chi connectivity index (χ1n) is 10.4. The minimum atomic E-state index is -0.129. The molecule has 1 aromatic heterocycles. The fourth-order valence-corrected chi connectivity index (χ4v) is 3.56. The molecule has 31 heavy (non-hydrogen) atoms. The van der Waals surface area contributed by atoms with Crippen LogP contribution in [0.25, 0.3) is 10.9 Å². The van der Waals surface area contributed by atoms with Crippen molar-refractivity contribution < 1.29 is 9.69 Å². The van der Waals surface area contributed by atoms with E-state index in [9.17, 15) is 9.59 Å². The molecule has 0 aliphatic rings. The van der Waals surface area contributed by atoms with Crippen LogP contribution in [0.3, 0.4) is 0 Å². The first-order valence-corrected chi connectivity index (χ1v) is 10.4. The summed E-state index contributed by atoms with van der Waals surface area (Å²) in [7, 11) is 0. The topological polar surface area (TPSA) is 79.3 Å². The number of benzene rings is 3. The number of hydrogen-bond acceptors (Lipinski definition) is 3. The predicted molar refractivity (Wildman–Crippen MR) is 122 cm³/mol. The molecule has 1 atom stereocenters. The molecule has 0 aliphatic carbocycles. The number of quaternary nitrogens is 1. The van der Waals surface area contributed by atoms with E-state index in [-0.39, 0.29) is 11.5 Å². The number of aromatic nitrogens is 2. The number of anilines is 1. The summed E-state index contributed by atoms with van der Waals surface area (Å²) in [6.07, 6.45) is 0. The molecule has 6 nitrogen and oxygen atoms in total. The van der Waals surface area contributed by atoms with Crippen molar-refractivity contribution in [3.63, 3.8) is 0 Å². The van der Waals surface area contributed by atoms with E-state index in [1.807, 2.05) is 72.8 Å². The van der Waals surface area contributed by atoms with Gasteiger partial charge in [-0.15, -0.1) is 0 Å². The first-order chi connectivity index (χ1) is 15.1. The summed E-state index contributed by atoms with van der Waals surface area (Å²) in [5, 5.41) is 3.50. The van der Waals surface area contributed by atoms with Crippen molar-refractivity contribution >= 4 is 22.5 Å². The minimum Gasteiger partial charge on any atom is -0.325 e. The standard InChI is InChI=1S/C25H24N4O2/c1-2-29(17-23-27-22-11-7-6-10-21(22)25(31)28-23)16-18-12-14-19(15-13-18)24(30)26-20-8-4-3-5-9-20/h3-15H,2,16-17H2,1H3,(H,26,30)(H,27,28,31)/p+1. The van der Waals surface area contributed by atoms with Gasteiger partial charge in [-0.2, -0.15) is 0 Å². The van der Waals surface area contributed by atoms with Crippen LogP contribution in [0.2, 0.25) is 0 Å². The number of amides is 1. The molecule has 4 rings (SSSR count). The van der Waals surface area contributed by atoms with Gasteiger partial charge in [0, 0.05) is 16.8 Å². The molecule has 0 aliphatic heterocycles. The summed E-state index contributed by atoms with van der Waals surface area (Å²) in [6.45, 7) is 4.38. The summed E-state index contributed by atoms with van der Waals surface area (Å²) in [4.78, 5) is 33.5. The number of nitrogens with one attached hydrogen (secondary N) is 3. The van der Waals surface area contributed by atoms with Gasteiger partial charge in [0.15, 0.2) is 5.82 Å². The van der Waals surface area contributed by atoms with Crippen LogP contribution in [-0.4, -0.2) is 22.4 Å². The zero-order valence-corrected chi connectivity index (χ0v) is 17.4. The maximum atomic E-state index is 12.4. The van der Waals surface area contributed by atoms with Gasteiger partial charge in [0.1, 0.15) is 13.1 Å². The number of aromatic amines is 1. The maximum absolute atomic E-state index is 12.4. The number of rotatable bonds is 7. The molecule has 1 amide bonds. The van der Waals surface area contributed by atoms with Gasteiger partial charge in [-0.05, 0) is 43.3 Å². The lowest BCUT2D eigenvalue weighted by Crippen LogP contribution is -3.09. The zero-order valence-electron chi connectivity index (χ0n) is 17.4. The fourth-order valence-electron chi connectivity index (χ4n) is 3.56. The number of H-pyrrole nitrogens is 1. The van der Waals surface area contributed by atoms with E-state index in [0.717, 1.165) is 24.3 Å². The molecular weight excluding hydrogens is 388 g/mol. The van der Waals surface area contributed by atoms with Crippen LogP contribution in [0.15, 0.2) is 83.7 Å². The van der Waals surface area contributed by atoms with Gasteiger partial charge < -0.3 is 15.2 Å². The Bertz CT molecular complexity index is 1230. The maximum Gasteiger partial charge on any atom is 0.258 e. The van der Waals surface area contributed by atoms with Crippen LogP contribution in [0, 0.1) is 0 Å². The lowest BCUT2D eigenvalue weighted by atomic mass is 10.1. The molecule has 4 aromatic rings. The monoisotopic (exact) mass is 413 g/mol. The molecule has 1 unspecified atom stereocenters. The van der Waals surface area contributed by atoms with E-state index in [2.05, 4.69) is 22.2 Å². The van der Waals surface area contributed by atoms with Gasteiger partial charge in [-0.1, -0.05) is 42.5 Å². The van der Waals surface area contributed by atoms with Gasteiger partial charge in [0.2, 0.25) is 0 Å². The third-order valence-electron chi connectivity index (χ3n) is 5.28. The Morgan fingerprint density at radius 3 is 2.39 bits per heavy atom. The van der Waals surface area contributed by atoms with E-state index in [1.54, 1.807) is 6.07 Å². The van der Waals surface area contributed by atoms with Crippen LogP contribution in [0.4, 0.5) is 5.69 Å². The second-order valence-corrected chi connectivity index (χ2v) is 7.50. The Morgan fingerprint density at radius 2 is 1.65 bits per heavy atom. The van der Waals surface area contributed by atoms with Crippen molar-refractivity contribution in [3.05, 3.63) is 106 Å². The van der Waals surface area contributed by atoms with E-state index in [0.29, 0.717) is 28.8 Å². The average Bonchev–Trinajstić information content (AvgIpc) is 2.80. The van der Waals surface area contributed by atoms with Gasteiger partial charge in [-0.3, -0.25) is 9.59 Å². The number of nitrogens with zero attached hydrogens (tertiary/aromatic N) is 1. The molecule has 0 saturated heterocycles. The smallest absolute Gasteiger partial charge is 0.258 e. The number of hydrogen-bond donors (Lipinski definition) is 3. The summed E-state index contributed by atoms with van der Waals surface area (Å²) in [5.74, 6) is 0.551. The summed E-state index contributed by atoms with van der Waals surface area (Å²) in [6, 6.07) is 24.4. The van der Waals surface area contributed by atoms with Crippen LogP contribution < -0.4 is 15.8 Å². The van der Waals surface area contributed by atoms with Crippen LogP contribution in [-0.2, 0) is 13.1 Å². The second-order valence-electron chi connectivity index (χ2n) is 7.50. The van der Waals surface area contributed by atoms with E-state index >= 15 is 0 Å². The molecule has 0 bridgehead atoms. The Morgan fingerprint density at radius 1 is 0.935 bits per heavy atom. The molecule has 1 heterocycles. The van der Waals surface area contributed by atoms with Crippen molar-refractivity contribution in [3.8, 4) is 0 Å². The molecule has 0 saturated carbocycles. The molecule has 6 heteroatoms. The average molecular weight is 414 g/mol. The molecule has 3 aromatic carbocycles. The molecule has 0 spiro atoms.